The first-order valence-electron chi connectivity index (χ1n) is 9.20. The number of thiophene rings is 1. The largest absolute Gasteiger partial charge is 0.337 e. The monoisotopic (exact) mass is 390 g/mol. The minimum atomic E-state index is 0.125. The number of aromatic nitrogens is 5. The van der Waals surface area contributed by atoms with Gasteiger partial charge in [-0.3, -0.25) is 9.88 Å². The molecule has 0 aliphatic carbocycles. The summed E-state index contributed by atoms with van der Waals surface area (Å²) < 4.78 is 5.59. The van der Waals surface area contributed by atoms with Crippen molar-refractivity contribution in [2.75, 3.05) is 6.54 Å². The Balaban J connectivity index is 1.31. The van der Waals surface area contributed by atoms with Crippen LogP contribution in [0.1, 0.15) is 30.3 Å². The highest BCUT2D eigenvalue weighted by Crippen LogP contribution is 2.33. The molecule has 0 bridgehead atoms. The lowest BCUT2D eigenvalue weighted by atomic mass is 10.2. The highest BCUT2D eigenvalue weighted by Gasteiger charge is 2.31. The maximum absolute atomic E-state index is 5.59. The van der Waals surface area contributed by atoms with Crippen LogP contribution in [0.15, 0.2) is 59.0 Å². The van der Waals surface area contributed by atoms with Crippen molar-refractivity contribution in [3.63, 3.8) is 0 Å². The van der Waals surface area contributed by atoms with Gasteiger partial charge in [0.2, 0.25) is 11.7 Å². The summed E-state index contributed by atoms with van der Waals surface area (Å²) in [6.45, 7) is 1.76. The van der Waals surface area contributed by atoms with Crippen molar-refractivity contribution in [2.24, 2.45) is 0 Å². The first kappa shape index (κ1) is 17.2. The lowest BCUT2D eigenvalue weighted by Gasteiger charge is -2.21. The summed E-state index contributed by atoms with van der Waals surface area (Å²) in [5, 5.41) is 6.18. The predicted molar refractivity (Wildman–Crippen MR) is 105 cm³/mol. The van der Waals surface area contributed by atoms with Crippen LogP contribution in [0.3, 0.4) is 0 Å². The molecule has 8 heteroatoms. The quantitative estimate of drug-likeness (QED) is 0.510. The van der Waals surface area contributed by atoms with Crippen LogP contribution in [-0.2, 0) is 6.54 Å². The molecular formula is C20H18N6OS. The summed E-state index contributed by atoms with van der Waals surface area (Å²) in [6, 6.07) is 7.93. The van der Waals surface area contributed by atoms with Crippen LogP contribution in [0, 0.1) is 0 Å². The third kappa shape index (κ3) is 3.44. The third-order valence-corrected chi connectivity index (χ3v) is 5.73. The fourth-order valence-electron chi connectivity index (χ4n) is 3.49. The van der Waals surface area contributed by atoms with Crippen LogP contribution in [-0.4, -0.2) is 36.5 Å². The average Bonchev–Trinajstić information content (AvgIpc) is 3.51. The molecule has 0 spiro atoms. The fourth-order valence-corrected chi connectivity index (χ4v) is 4.16. The van der Waals surface area contributed by atoms with E-state index in [0.717, 1.165) is 47.8 Å². The number of rotatable bonds is 5. The number of nitrogens with zero attached hydrogens (tertiary/aromatic N) is 6. The summed E-state index contributed by atoms with van der Waals surface area (Å²) in [4.78, 5) is 21.1. The lowest BCUT2D eigenvalue weighted by Crippen LogP contribution is -2.23. The summed E-state index contributed by atoms with van der Waals surface area (Å²) in [7, 11) is 0. The molecule has 1 fully saturated rings. The van der Waals surface area contributed by atoms with Crippen LogP contribution in [0.5, 0.6) is 0 Å². The molecule has 5 heterocycles. The molecule has 1 aliphatic rings. The van der Waals surface area contributed by atoms with Crippen LogP contribution in [0.25, 0.3) is 22.1 Å². The van der Waals surface area contributed by atoms with Crippen LogP contribution in [0.4, 0.5) is 0 Å². The molecule has 0 unspecified atom stereocenters. The van der Waals surface area contributed by atoms with Gasteiger partial charge in [0.25, 0.3) is 0 Å². The standard InChI is InChI=1S/C20H18N6OS/c1-3-16(20-24-18(25-27-20)15-5-7-21-8-6-15)26(9-1)13-14-11-22-19(23-12-14)17-4-2-10-28-17/h2,4-8,10-12,16H,1,3,9,13H2/t16-/m0/s1. The van der Waals surface area contributed by atoms with E-state index in [1.165, 1.54) is 0 Å². The SMILES string of the molecule is c1csc(-c2ncc(CN3CCC[C@H]3c3nc(-c4ccncc4)no3)cn2)c1. The van der Waals surface area contributed by atoms with E-state index >= 15 is 0 Å². The number of pyridine rings is 1. The fraction of sp³-hybridized carbons (Fsp3) is 0.250. The molecule has 7 nitrogen and oxygen atoms in total. The normalized spacial score (nSPS) is 17.2. The summed E-state index contributed by atoms with van der Waals surface area (Å²) in [5.74, 6) is 2.05. The highest BCUT2D eigenvalue weighted by atomic mass is 32.1. The zero-order valence-corrected chi connectivity index (χ0v) is 15.9. The second-order valence-electron chi connectivity index (χ2n) is 6.71. The van der Waals surface area contributed by atoms with Gasteiger partial charge in [0.1, 0.15) is 0 Å². The molecule has 0 N–H and O–H groups in total. The summed E-state index contributed by atoms with van der Waals surface area (Å²) >= 11 is 1.65. The van der Waals surface area contributed by atoms with E-state index in [2.05, 4.69) is 30.0 Å². The predicted octanol–water partition coefficient (Wildman–Crippen LogP) is 3.99. The van der Waals surface area contributed by atoms with E-state index in [-0.39, 0.29) is 6.04 Å². The highest BCUT2D eigenvalue weighted by molar-refractivity contribution is 7.13. The van der Waals surface area contributed by atoms with Crippen molar-refractivity contribution in [3.8, 4) is 22.1 Å². The lowest BCUT2D eigenvalue weighted by molar-refractivity contribution is 0.201. The molecule has 28 heavy (non-hydrogen) atoms. The Bertz CT molecular complexity index is 1030. The Kier molecular flexibility index (Phi) is 4.64. The topological polar surface area (TPSA) is 80.8 Å². The number of hydrogen-bond acceptors (Lipinski definition) is 8. The Morgan fingerprint density at radius 2 is 1.96 bits per heavy atom. The zero-order chi connectivity index (χ0) is 18.8. The number of likely N-dealkylation sites (tertiary alicyclic amines) is 1. The Hall–Kier alpha value is -2.97. The van der Waals surface area contributed by atoms with Crippen LogP contribution in [0.2, 0.25) is 0 Å². The smallest absolute Gasteiger partial charge is 0.244 e. The van der Waals surface area contributed by atoms with Gasteiger partial charge < -0.3 is 4.52 Å². The van der Waals surface area contributed by atoms with Crippen molar-refractivity contribution < 1.29 is 4.52 Å². The maximum atomic E-state index is 5.59. The molecule has 1 atom stereocenters. The summed E-state index contributed by atoms with van der Waals surface area (Å²) in [6.07, 6.45) is 9.39. The first-order chi connectivity index (χ1) is 13.9. The molecule has 0 saturated carbocycles. The molecule has 1 aliphatic heterocycles. The van der Waals surface area contributed by atoms with E-state index in [9.17, 15) is 0 Å². The first-order valence-corrected chi connectivity index (χ1v) is 10.1. The van der Waals surface area contributed by atoms with E-state index < -0.39 is 0 Å². The van der Waals surface area contributed by atoms with Gasteiger partial charge in [-0.05, 0) is 43.0 Å². The molecule has 0 radical (unpaired) electrons. The van der Waals surface area contributed by atoms with Gasteiger partial charge in [-0.2, -0.15) is 4.98 Å². The molecule has 4 aromatic heterocycles. The van der Waals surface area contributed by atoms with Gasteiger partial charge in [-0.15, -0.1) is 11.3 Å². The van der Waals surface area contributed by atoms with Gasteiger partial charge in [0, 0.05) is 42.5 Å². The second-order valence-corrected chi connectivity index (χ2v) is 7.66. The minimum absolute atomic E-state index is 0.125. The third-order valence-electron chi connectivity index (χ3n) is 4.86. The molecule has 1 saturated heterocycles. The van der Waals surface area contributed by atoms with Crippen molar-refractivity contribution in [2.45, 2.75) is 25.4 Å². The Morgan fingerprint density at radius 1 is 1.11 bits per heavy atom. The molecule has 5 rings (SSSR count). The molecule has 140 valence electrons. The maximum Gasteiger partial charge on any atom is 0.244 e. The minimum Gasteiger partial charge on any atom is -0.337 e. The average molecular weight is 390 g/mol. The van der Waals surface area contributed by atoms with Crippen LogP contribution >= 0.6 is 11.3 Å². The van der Waals surface area contributed by atoms with E-state index in [0.29, 0.717) is 11.7 Å². The second kappa shape index (κ2) is 7.57. The van der Waals surface area contributed by atoms with Gasteiger partial charge >= 0.3 is 0 Å². The Morgan fingerprint density at radius 3 is 2.75 bits per heavy atom. The van der Waals surface area contributed by atoms with Gasteiger partial charge in [-0.25, -0.2) is 9.97 Å². The molecule has 0 aromatic carbocycles. The number of hydrogen-bond donors (Lipinski definition) is 0. The zero-order valence-electron chi connectivity index (χ0n) is 15.1. The van der Waals surface area contributed by atoms with E-state index in [1.54, 1.807) is 23.7 Å². The van der Waals surface area contributed by atoms with Crippen LogP contribution < -0.4 is 0 Å². The van der Waals surface area contributed by atoms with Crippen molar-refractivity contribution in [1.29, 1.82) is 0 Å². The van der Waals surface area contributed by atoms with E-state index in [4.69, 9.17) is 4.52 Å². The molecule has 0 amide bonds. The van der Waals surface area contributed by atoms with Crippen molar-refractivity contribution in [3.05, 3.63) is 65.9 Å². The molecule has 4 aromatic rings. The van der Waals surface area contributed by atoms with Crippen molar-refractivity contribution >= 4 is 11.3 Å². The Labute approximate surface area is 166 Å². The van der Waals surface area contributed by atoms with E-state index in [1.807, 2.05) is 42.0 Å². The van der Waals surface area contributed by atoms with Crippen molar-refractivity contribution in [1.82, 2.24) is 30.0 Å². The van der Waals surface area contributed by atoms with Gasteiger partial charge in [0.15, 0.2) is 5.82 Å². The van der Waals surface area contributed by atoms with Gasteiger partial charge in [-0.1, -0.05) is 11.2 Å². The van der Waals surface area contributed by atoms with Gasteiger partial charge in [0.05, 0.1) is 10.9 Å². The molecular weight excluding hydrogens is 372 g/mol. The summed E-state index contributed by atoms with van der Waals surface area (Å²) in [5.41, 5.74) is 1.99.